The number of hydrogen-bond donors (Lipinski definition) is 0. The first-order valence-electron chi connectivity index (χ1n) is 5.79. The van der Waals surface area contributed by atoms with E-state index < -0.39 is 0 Å². The molecule has 0 saturated carbocycles. The Morgan fingerprint density at radius 1 is 1.12 bits per heavy atom. The monoisotopic (exact) mass is 246 g/mol. The summed E-state index contributed by atoms with van der Waals surface area (Å²) in [6.45, 7) is 4.10. The smallest absolute Gasteiger partial charge is 0.223 e. The van der Waals surface area contributed by atoms with Gasteiger partial charge in [-0.2, -0.15) is 0 Å². The Bertz CT molecular complexity index is 486. The summed E-state index contributed by atoms with van der Waals surface area (Å²) in [6, 6.07) is 10.4. The minimum atomic E-state index is 0.303. The van der Waals surface area contributed by atoms with Crippen molar-refractivity contribution in [2.24, 2.45) is 0 Å². The molecule has 0 N–H and O–H groups in total. The van der Waals surface area contributed by atoms with Gasteiger partial charge in [-0.3, -0.25) is 0 Å². The highest BCUT2D eigenvalue weighted by atomic mass is 35.5. The second-order valence-electron chi connectivity index (χ2n) is 4.11. The van der Waals surface area contributed by atoms with Gasteiger partial charge in [-0.05, 0) is 36.6 Å². The van der Waals surface area contributed by atoms with Gasteiger partial charge in [0.25, 0.3) is 0 Å². The minimum Gasteiger partial charge on any atom is -0.223 e. The van der Waals surface area contributed by atoms with Crippen LogP contribution in [0.5, 0.6) is 0 Å². The molecule has 2 nitrogen and oxygen atoms in total. The Hall–Kier alpha value is -1.41. The van der Waals surface area contributed by atoms with Crippen molar-refractivity contribution in [3.8, 4) is 11.3 Å². The molecule has 0 atom stereocenters. The normalized spacial score (nSPS) is 10.5. The van der Waals surface area contributed by atoms with E-state index in [2.05, 4.69) is 41.2 Å². The fourth-order valence-electron chi connectivity index (χ4n) is 1.81. The van der Waals surface area contributed by atoms with E-state index in [1.54, 1.807) is 0 Å². The molecule has 1 heterocycles. The molecule has 88 valence electrons. The summed E-state index contributed by atoms with van der Waals surface area (Å²) in [6.07, 6.45) is 2.28. The molecule has 0 fully saturated rings. The van der Waals surface area contributed by atoms with Crippen molar-refractivity contribution in [1.82, 2.24) is 9.97 Å². The first kappa shape index (κ1) is 12.1. The van der Waals surface area contributed by atoms with E-state index in [1.165, 1.54) is 5.56 Å². The molecule has 2 rings (SSSR count). The van der Waals surface area contributed by atoms with Crippen LogP contribution in [-0.2, 0) is 6.42 Å². The number of aromatic nitrogens is 2. The molecule has 0 amide bonds. The Kier molecular flexibility index (Phi) is 3.75. The lowest BCUT2D eigenvalue weighted by Gasteiger charge is -2.04. The summed E-state index contributed by atoms with van der Waals surface area (Å²) >= 11 is 5.86. The van der Waals surface area contributed by atoms with Gasteiger partial charge in [-0.25, -0.2) is 9.97 Å². The zero-order valence-electron chi connectivity index (χ0n) is 10.1. The third-order valence-electron chi connectivity index (χ3n) is 2.62. The van der Waals surface area contributed by atoms with E-state index >= 15 is 0 Å². The van der Waals surface area contributed by atoms with Gasteiger partial charge in [0.05, 0.1) is 5.69 Å². The lowest BCUT2D eigenvalue weighted by Crippen LogP contribution is -1.91. The molecule has 1 aromatic heterocycles. The van der Waals surface area contributed by atoms with Crippen LogP contribution in [0.3, 0.4) is 0 Å². The second-order valence-corrected chi connectivity index (χ2v) is 4.45. The zero-order valence-corrected chi connectivity index (χ0v) is 10.8. The van der Waals surface area contributed by atoms with Crippen molar-refractivity contribution in [2.45, 2.75) is 26.7 Å². The molecule has 3 heteroatoms. The molecule has 2 aromatic rings. The molecule has 0 aliphatic heterocycles. The lowest BCUT2D eigenvalue weighted by atomic mass is 10.1. The van der Waals surface area contributed by atoms with E-state index in [4.69, 9.17) is 11.6 Å². The van der Waals surface area contributed by atoms with Gasteiger partial charge in [0.1, 0.15) is 0 Å². The topological polar surface area (TPSA) is 25.8 Å². The lowest BCUT2D eigenvalue weighted by molar-refractivity contribution is 0.922. The molecule has 17 heavy (non-hydrogen) atoms. The van der Waals surface area contributed by atoms with E-state index in [1.807, 2.05) is 13.0 Å². The molecule has 0 spiro atoms. The van der Waals surface area contributed by atoms with Crippen molar-refractivity contribution in [3.63, 3.8) is 0 Å². The van der Waals surface area contributed by atoms with E-state index in [0.717, 1.165) is 29.8 Å². The van der Waals surface area contributed by atoms with Crippen LogP contribution >= 0.6 is 11.6 Å². The minimum absolute atomic E-state index is 0.303. The van der Waals surface area contributed by atoms with Crippen LogP contribution in [0.4, 0.5) is 0 Å². The highest BCUT2D eigenvalue weighted by Gasteiger charge is 2.03. The van der Waals surface area contributed by atoms with E-state index in [9.17, 15) is 0 Å². The van der Waals surface area contributed by atoms with Crippen LogP contribution < -0.4 is 0 Å². The molecule has 0 saturated heterocycles. The van der Waals surface area contributed by atoms with Crippen molar-refractivity contribution in [3.05, 3.63) is 46.9 Å². The number of halogens is 1. The predicted octanol–water partition coefficient (Wildman–Crippen LogP) is 4.06. The molecular formula is C14H15ClN2. The average Bonchev–Trinajstić information content (AvgIpc) is 2.29. The molecule has 0 unspecified atom stereocenters. The standard InChI is InChI=1S/C14H15ClN2/c1-3-4-11-5-7-12(8-6-11)13-9-10(2)16-14(15)17-13/h5-9H,3-4H2,1-2H3. The van der Waals surface area contributed by atoms with Crippen molar-refractivity contribution in [2.75, 3.05) is 0 Å². The van der Waals surface area contributed by atoms with Gasteiger partial charge >= 0.3 is 0 Å². The zero-order chi connectivity index (χ0) is 12.3. The summed E-state index contributed by atoms with van der Waals surface area (Å²) < 4.78 is 0. The summed E-state index contributed by atoms with van der Waals surface area (Å²) in [5, 5.41) is 0.303. The molecule has 0 bridgehead atoms. The van der Waals surface area contributed by atoms with Crippen LogP contribution in [0.25, 0.3) is 11.3 Å². The molecule has 0 aliphatic carbocycles. The molecular weight excluding hydrogens is 232 g/mol. The predicted molar refractivity (Wildman–Crippen MR) is 71.2 cm³/mol. The summed E-state index contributed by atoms with van der Waals surface area (Å²) in [7, 11) is 0. The molecule has 0 aliphatic rings. The number of aryl methyl sites for hydroxylation is 2. The first-order valence-corrected chi connectivity index (χ1v) is 6.17. The third-order valence-corrected chi connectivity index (χ3v) is 2.78. The van der Waals surface area contributed by atoms with Crippen LogP contribution in [0.2, 0.25) is 5.28 Å². The number of benzene rings is 1. The van der Waals surface area contributed by atoms with Crippen molar-refractivity contribution < 1.29 is 0 Å². The Morgan fingerprint density at radius 3 is 2.41 bits per heavy atom. The number of nitrogens with zero attached hydrogens (tertiary/aromatic N) is 2. The Balaban J connectivity index is 2.32. The SMILES string of the molecule is CCCc1ccc(-c2cc(C)nc(Cl)n2)cc1. The fourth-order valence-corrected chi connectivity index (χ4v) is 2.04. The van der Waals surface area contributed by atoms with Gasteiger partial charge in [0.15, 0.2) is 0 Å². The van der Waals surface area contributed by atoms with Gasteiger partial charge in [-0.1, -0.05) is 37.6 Å². The number of rotatable bonds is 3. The molecule has 0 radical (unpaired) electrons. The average molecular weight is 247 g/mol. The maximum atomic E-state index is 5.86. The summed E-state index contributed by atoms with van der Waals surface area (Å²) in [5.41, 5.74) is 4.20. The van der Waals surface area contributed by atoms with Gasteiger partial charge < -0.3 is 0 Å². The maximum Gasteiger partial charge on any atom is 0.223 e. The van der Waals surface area contributed by atoms with Gasteiger partial charge in [-0.15, -0.1) is 0 Å². The van der Waals surface area contributed by atoms with Crippen LogP contribution in [-0.4, -0.2) is 9.97 Å². The van der Waals surface area contributed by atoms with E-state index in [-0.39, 0.29) is 0 Å². The Labute approximate surface area is 107 Å². The van der Waals surface area contributed by atoms with Crippen molar-refractivity contribution in [1.29, 1.82) is 0 Å². The molecule has 1 aromatic carbocycles. The fraction of sp³-hybridized carbons (Fsp3) is 0.286. The summed E-state index contributed by atoms with van der Waals surface area (Å²) in [4.78, 5) is 8.30. The van der Waals surface area contributed by atoms with E-state index in [0.29, 0.717) is 5.28 Å². The van der Waals surface area contributed by atoms with Crippen LogP contribution in [0.15, 0.2) is 30.3 Å². The first-order chi connectivity index (χ1) is 8.19. The Morgan fingerprint density at radius 2 is 1.82 bits per heavy atom. The summed E-state index contributed by atoms with van der Waals surface area (Å²) in [5.74, 6) is 0. The van der Waals surface area contributed by atoms with Crippen molar-refractivity contribution >= 4 is 11.6 Å². The van der Waals surface area contributed by atoms with Crippen LogP contribution in [0.1, 0.15) is 24.6 Å². The van der Waals surface area contributed by atoms with Crippen LogP contribution in [0, 0.1) is 6.92 Å². The quantitative estimate of drug-likeness (QED) is 0.764. The largest absolute Gasteiger partial charge is 0.223 e. The van der Waals surface area contributed by atoms with Gasteiger partial charge in [0.2, 0.25) is 5.28 Å². The highest BCUT2D eigenvalue weighted by molar-refractivity contribution is 6.28. The third kappa shape index (κ3) is 3.04. The second kappa shape index (κ2) is 5.28. The number of hydrogen-bond acceptors (Lipinski definition) is 2. The highest BCUT2D eigenvalue weighted by Crippen LogP contribution is 2.20. The maximum absolute atomic E-state index is 5.86. The van der Waals surface area contributed by atoms with Gasteiger partial charge in [0, 0.05) is 11.3 Å².